The summed E-state index contributed by atoms with van der Waals surface area (Å²) in [6.45, 7) is 5.13. The zero-order valence-corrected chi connectivity index (χ0v) is 11.5. The van der Waals surface area contributed by atoms with E-state index in [-0.39, 0.29) is 0 Å². The first-order valence-corrected chi connectivity index (χ1v) is 7.48. The van der Waals surface area contributed by atoms with E-state index in [0.717, 1.165) is 43.6 Å². The molecule has 1 saturated heterocycles. The zero-order valence-electron chi connectivity index (χ0n) is 9.97. The van der Waals surface area contributed by atoms with Crippen LogP contribution in [0.5, 0.6) is 0 Å². The molecule has 17 heavy (non-hydrogen) atoms. The van der Waals surface area contributed by atoms with Crippen LogP contribution >= 0.6 is 23.4 Å². The van der Waals surface area contributed by atoms with Gasteiger partial charge in [0.25, 0.3) is 0 Å². The van der Waals surface area contributed by atoms with Gasteiger partial charge in [-0.05, 0) is 6.26 Å². The molecule has 2 heterocycles. The monoisotopic (exact) mass is 272 g/mol. The van der Waals surface area contributed by atoms with Crippen molar-refractivity contribution in [1.82, 2.24) is 14.9 Å². The van der Waals surface area contributed by atoms with E-state index in [9.17, 15) is 0 Å². The van der Waals surface area contributed by atoms with Crippen LogP contribution in [0.4, 0.5) is 5.82 Å². The number of rotatable bonds is 4. The SMILES string of the molecule is CSc1cc(N2CCN(CCCl)CC2)ncn1. The van der Waals surface area contributed by atoms with E-state index in [1.807, 2.05) is 6.26 Å². The highest BCUT2D eigenvalue weighted by molar-refractivity contribution is 7.98. The number of hydrogen-bond donors (Lipinski definition) is 0. The molecule has 0 aromatic carbocycles. The lowest BCUT2D eigenvalue weighted by molar-refractivity contribution is 0.272. The fourth-order valence-electron chi connectivity index (χ4n) is 1.93. The van der Waals surface area contributed by atoms with Crippen molar-refractivity contribution in [3.63, 3.8) is 0 Å². The Hall–Kier alpha value is -0.520. The van der Waals surface area contributed by atoms with Gasteiger partial charge in [0, 0.05) is 44.7 Å². The highest BCUT2D eigenvalue weighted by atomic mass is 35.5. The summed E-state index contributed by atoms with van der Waals surface area (Å²) in [6, 6.07) is 2.06. The quantitative estimate of drug-likeness (QED) is 0.472. The Morgan fingerprint density at radius 2 is 2.06 bits per heavy atom. The maximum atomic E-state index is 5.75. The van der Waals surface area contributed by atoms with E-state index < -0.39 is 0 Å². The molecule has 1 aliphatic heterocycles. The number of halogens is 1. The summed E-state index contributed by atoms with van der Waals surface area (Å²) < 4.78 is 0. The van der Waals surface area contributed by atoms with Gasteiger partial charge >= 0.3 is 0 Å². The number of thioether (sulfide) groups is 1. The maximum Gasteiger partial charge on any atom is 0.133 e. The van der Waals surface area contributed by atoms with Crippen LogP contribution in [0.15, 0.2) is 17.4 Å². The van der Waals surface area contributed by atoms with Gasteiger partial charge in [-0.1, -0.05) is 0 Å². The van der Waals surface area contributed by atoms with E-state index in [1.165, 1.54) is 0 Å². The summed E-state index contributed by atoms with van der Waals surface area (Å²) in [5.74, 6) is 1.75. The smallest absolute Gasteiger partial charge is 0.133 e. The molecule has 0 atom stereocenters. The molecule has 0 aliphatic carbocycles. The first kappa shape index (κ1) is 12.9. The zero-order chi connectivity index (χ0) is 12.1. The second-order valence-electron chi connectivity index (χ2n) is 3.94. The highest BCUT2D eigenvalue weighted by Crippen LogP contribution is 2.18. The van der Waals surface area contributed by atoms with Crippen molar-refractivity contribution in [3.8, 4) is 0 Å². The van der Waals surface area contributed by atoms with Crippen molar-refractivity contribution < 1.29 is 0 Å². The van der Waals surface area contributed by atoms with Gasteiger partial charge in [-0.3, -0.25) is 4.90 Å². The Labute approximate surface area is 111 Å². The lowest BCUT2D eigenvalue weighted by atomic mass is 10.3. The third-order valence-electron chi connectivity index (χ3n) is 2.93. The predicted molar refractivity (Wildman–Crippen MR) is 73.2 cm³/mol. The van der Waals surface area contributed by atoms with Gasteiger partial charge in [-0.25, -0.2) is 9.97 Å². The van der Waals surface area contributed by atoms with Crippen molar-refractivity contribution in [2.24, 2.45) is 0 Å². The van der Waals surface area contributed by atoms with Crippen LogP contribution in [0.25, 0.3) is 0 Å². The summed E-state index contributed by atoms with van der Waals surface area (Å²) in [7, 11) is 0. The van der Waals surface area contributed by atoms with Crippen LogP contribution in [0.1, 0.15) is 0 Å². The second-order valence-corrected chi connectivity index (χ2v) is 5.14. The largest absolute Gasteiger partial charge is 0.354 e. The van der Waals surface area contributed by atoms with Crippen molar-refractivity contribution in [2.75, 3.05) is 49.8 Å². The number of alkyl halides is 1. The topological polar surface area (TPSA) is 32.3 Å². The van der Waals surface area contributed by atoms with E-state index in [4.69, 9.17) is 11.6 Å². The minimum atomic E-state index is 0.712. The normalized spacial score (nSPS) is 17.4. The fraction of sp³-hybridized carbons (Fsp3) is 0.636. The highest BCUT2D eigenvalue weighted by Gasteiger charge is 2.17. The van der Waals surface area contributed by atoms with Crippen molar-refractivity contribution >= 4 is 29.2 Å². The summed E-state index contributed by atoms with van der Waals surface area (Å²) in [4.78, 5) is 13.2. The van der Waals surface area contributed by atoms with Crippen LogP contribution < -0.4 is 4.90 Å². The molecule has 0 saturated carbocycles. The Morgan fingerprint density at radius 1 is 1.29 bits per heavy atom. The van der Waals surface area contributed by atoms with Gasteiger partial charge in [0.2, 0.25) is 0 Å². The van der Waals surface area contributed by atoms with Crippen molar-refractivity contribution in [2.45, 2.75) is 5.03 Å². The molecule has 0 radical (unpaired) electrons. The lowest BCUT2D eigenvalue weighted by Gasteiger charge is -2.35. The molecule has 1 fully saturated rings. The molecule has 1 aromatic rings. The van der Waals surface area contributed by atoms with Crippen molar-refractivity contribution in [1.29, 1.82) is 0 Å². The molecule has 0 N–H and O–H groups in total. The Balaban J connectivity index is 1.95. The van der Waals surface area contributed by atoms with Crippen LogP contribution in [-0.4, -0.2) is 59.7 Å². The van der Waals surface area contributed by atoms with Gasteiger partial charge in [0.15, 0.2) is 0 Å². The van der Waals surface area contributed by atoms with Crippen LogP contribution in [0.3, 0.4) is 0 Å². The van der Waals surface area contributed by atoms with E-state index in [0.29, 0.717) is 5.88 Å². The average molecular weight is 273 g/mol. The third-order valence-corrected chi connectivity index (χ3v) is 3.74. The fourth-order valence-corrected chi connectivity index (χ4v) is 2.55. The molecule has 1 aromatic heterocycles. The number of nitrogens with zero attached hydrogens (tertiary/aromatic N) is 4. The third kappa shape index (κ3) is 3.47. The predicted octanol–water partition coefficient (Wildman–Crippen LogP) is 1.56. The van der Waals surface area contributed by atoms with Crippen molar-refractivity contribution in [3.05, 3.63) is 12.4 Å². The van der Waals surface area contributed by atoms with Crippen LogP contribution in [0.2, 0.25) is 0 Å². The molecule has 4 nitrogen and oxygen atoms in total. The standard InChI is InChI=1S/C11H17ClN4S/c1-17-11-8-10(13-9-14-11)16-6-4-15(3-2-12)5-7-16/h8-9H,2-7H2,1H3. The number of hydrogen-bond acceptors (Lipinski definition) is 5. The summed E-state index contributed by atoms with van der Waals surface area (Å²) in [5, 5.41) is 1.03. The minimum Gasteiger partial charge on any atom is -0.354 e. The number of aromatic nitrogens is 2. The second kappa shape index (κ2) is 6.42. The van der Waals surface area contributed by atoms with Crippen LogP contribution in [-0.2, 0) is 0 Å². The van der Waals surface area contributed by atoms with Gasteiger partial charge in [0.05, 0.1) is 0 Å². The van der Waals surface area contributed by atoms with Gasteiger partial charge in [-0.15, -0.1) is 23.4 Å². The lowest BCUT2D eigenvalue weighted by Crippen LogP contribution is -2.47. The molecule has 0 unspecified atom stereocenters. The van der Waals surface area contributed by atoms with Crippen LogP contribution in [0, 0.1) is 0 Å². The first-order valence-electron chi connectivity index (χ1n) is 5.73. The summed E-state index contributed by atoms with van der Waals surface area (Å²) in [5.41, 5.74) is 0. The van der Waals surface area contributed by atoms with E-state index in [1.54, 1.807) is 18.1 Å². The Bertz CT molecular complexity index is 355. The molecular formula is C11H17ClN4S. The number of piperazine rings is 1. The molecule has 94 valence electrons. The van der Waals surface area contributed by atoms with Gasteiger partial charge in [-0.2, -0.15) is 0 Å². The maximum absolute atomic E-state index is 5.75. The molecule has 1 aliphatic rings. The molecule has 0 amide bonds. The summed E-state index contributed by atoms with van der Waals surface area (Å²) >= 11 is 7.40. The molecule has 2 rings (SSSR count). The average Bonchev–Trinajstić information content (AvgIpc) is 2.40. The molecule has 0 spiro atoms. The molecule has 6 heteroatoms. The molecular weight excluding hydrogens is 256 g/mol. The first-order chi connectivity index (χ1) is 8.33. The summed E-state index contributed by atoms with van der Waals surface area (Å²) in [6.07, 6.45) is 3.68. The Morgan fingerprint density at radius 3 is 2.71 bits per heavy atom. The Kier molecular flexibility index (Phi) is 4.88. The van der Waals surface area contributed by atoms with E-state index >= 15 is 0 Å². The van der Waals surface area contributed by atoms with Gasteiger partial charge in [0.1, 0.15) is 17.2 Å². The number of anilines is 1. The minimum absolute atomic E-state index is 0.712. The van der Waals surface area contributed by atoms with E-state index in [2.05, 4.69) is 25.8 Å². The molecule has 0 bridgehead atoms. The van der Waals surface area contributed by atoms with Gasteiger partial charge < -0.3 is 4.90 Å².